The Labute approximate surface area is 122 Å². The van der Waals surface area contributed by atoms with Crippen LogP contribution < -0.4 is 0 Å². The van der Waals surface area contributed by atoms with Gasteiger partial charge in [-0.05, 0) is 18.2 Å². The Morgan fingerprint density at radius 1 is 0.810 bits per heavy atom. The van der Waals surface area contributed by atoms with Crippen molar-refractivity contribution in [3.05, 3.63) is 71.8 Å². The summed E-state index contributed by atoms with van der Waals surface area (Å²) < 4.78 is 25.5. The Balaban J connectivity index is 2.26. The average molecular weight is 297 g/mol. The van der Waals surface area contributed by atoms with Crippen molar-refractivity contribution in [3.63, 3.8) is 0 Å². The van der Waals surface area contributed by atoms with Crippen LogP contribution in [0.25, 0.3) is 4.91 Å². The van der Waals surface area contributed by atoms with E-state index >= 15 is 0 Å². The minimum atomic E-state index is -3.76. The lowest BCUT2D eigenvalue weighted by Crippen LogP contribution is -2.21. The average Bonchev–Trinajstić information content (AvgIpc) is 2.51. The normalized spacial score (nSPS) is 14.6. The quantitative estimate of drug-likeness (QED) is 0.926. The molecular weight excluding hydrogens is 286 g/mol. The predicted octanol–water partition coefficient (Wildman–Crippen LogP) is 2.72. The van der Waals surface area contributed by atoms with E-state index in [1.54, 1.807) is 42.5 Å². The highest BCUT2D eigenvalue weighted by Crippen LogP contribution is 2.33. The standard InChI is InChI=1S/C16H11NO3S/c17-14-10-15(12-8-4-5-9-13(12)16(14)18)21(19,20)11-6-2-1-3-7-11/h1-10,17H. The summed E-state index contributed by atoms with van der Waals surface area (Å²) in [5, 5.41) is 7.71. The zero-order valence-electron chi connectivity index (χ0n) is 10.9. The molecular formula is C16H11NO3S. The number of hydrogen-bond acceptors (Lipinski definition) is 4. The Morgan fingerprint density at radius 3 is 2.05 bits per heavy atom. The van der Waals surface area contributed by atoms with Crippen LogP contribution in [0.1, 0.15) is 15.9 Å². The van der Waals surface area contributed by atoms with Crippen LogP contribution in [0.3, 0.4) is 0 Å². The first kappa shape index (κ1) is 13.5. The van der Waals surface area contributed by atoms with E-state index in [2.05, 4.69) is 0 Å². The highest BCUT2D eigenvalue weighted by Gasteiger charge is 2.31. The van der Waals surface area contributed by atoms with Crippen molar-refractivity contribution in [1.82, 2.24) is 0 Å². The van der Waals surface area contributed by atoms with Crippen LogP contribution in [-0.4, -0.2) is 19.9 Å². The Kier molecular flexibility index (Phi) is 3.07. The van der Waals surface area contributed by atoms with Crippen LogP contribution >= 0.6 is 0 Å². The summed E-state index contributed by atoms with van der Waals surface area (Å²) in [6.07, 6.45) is 1.13. The van der Waals surface area contributed by atoms with Gasteiger partial charge in [0.25, 0.3) is 0 Å². The third kappa shape index (κ3) is 2.11. The molecule has 0 unspecified atom stereocenters. The number of sulfone groups is 1. The highest BCUT2D eigenvalue weighted by molar-refractivity contribution is 8.00. The molecule has 0 saturated carbocycles. The molecule has 1 aliphatic rings. The first-order chi connectivity index (χ1) is 10.0. The van der Waals surface area contributed by atoms with Crippen molar-refractivity contribution < 1.29 is 13.2 Å². The SMILES string of the molecule is N=C1C=C(S(=O)(=O)c2ccccc2)c2ccccc2C1=O. The summed E-state index contributed by atoms with van der Waals surface area (Å²) >= 11 is 0. The van der Waals surface area contributed by atoms with Gasteiger partial charge in [-0.25, -0.2) is 8.42 Å². The van der Waals surface area contributed by atoms with E-state index in [0.29, 0.717) is 5.56 Å². The van der Waals surface area contributed by atoms with Crippen molar-refractivity contribution in [1.29, 1.82) is 5.41 Å². The fraction of sp³-hybridized carbons (Fsp3) is 0. The van der Waals surface area contributed by atoms with Gasteiger partial charge in [-0.3, -0.25) is 10.2 Å². The molecule has 4 nitrogen and oxygen atoms in total. The maximum atomic E-state index is 12.7. The number of nitrogens with one attached hydrogen (secondary N) is 1. The van der Waals surface area contributed by atoms with Crippen LogP contribution in [0.5, 0.6) is 0 Å². The van der Waals surface area contributed by atoms with E-state index < -0.39 is 15.6 Å². The monoisotopic (exact) mass is 297 g/mol. The molecule has 1 aliphatic carbocycles. The van der Waals surface area contributed by atoms with Crippen molar-refractivity contribution in [2.45, 2.75) is 4.90 Å². The van der Waals surface area contributed by atoms with Gasteiger partial charge in [-0.15, -0.1) is 0 Å². The van der Waals surface area contributed by atoms with Gasteiger partial charge in [0.2, 0.25) is 15.6 Å². The van der Waals surface area contributed by atoms with Gasteiger partial charge < -0.3 is 0 Å². The topological polar surface area (TPSA) is 75.1 Å². The van der Waals surface area contributed by atoms with Crippen LogP contribution in [0.4, 0.5) is 0 Å². The lowest BCUT2D eigenvalue weighted by atomic mass is 9.95. The molecule has 5 heteroatoms. The molecule has 0 saturated heterocycles. The van der Waals surface area contributed by atoms with Gasteiger partial charge in [0.15, 0.2) is 0 Å². The van der Waals surface area contributed by atoms with Crippen LogP contribution in [0.15, 0.2) is 65.6 Å². The van der Waals surface area contributed by atoms with E-state index in [9.17, 15) is 13.2 Å². The molecule has 21 heavy (non-hydrogen) atoms. The van der Waals surface area contributed by atoms with Crippen molar-refractivity contribution in [3.8, 4) is 0 Å². The zero-order valence-corrected chi connectivity index (χ0v) is 11.7. The highest BCUT2D eigenvalue weighted by atomic mass is 32.2. The molecule has 0 radical (unpaired) electrons. The molecule has 0 aliphatic heterocycles. The third-order valence-electron chi connectivity index (χ3n) is 3.30. The zero-order chi connectivity index (χ0) is 15.0. The maximum absolute atomic E-state index is 12.7. The first-order valence-electron chi connectivity index (χ1n) is 6.26. The Hall–Kier alpha value is -2.53. The number of allylic oxidation sites excluding steroid dienone is 1. The summed E-state index contributed by atoms with van der Waals surface area (Å²) in [6, 6.07) is 14.5. The second-order valence-corrected chi connectivity index (χ2v) is 6.53. The molecule has 3 rings (SSSR count). The van der Waals surface area contributed by atoms with Gasteiger partial charge in [-0.2, -0.15) is 0 Å². The summed E-state index contributed by atoms with van der Waals surface area (Å²) in [6.45, 7) is 0. The molecule has 0 spiro atoms. The number of benzene rings is 2. The minimum absolute atomic E-state index is 0.00565. The molecule has 1 N–H and O–H groups in total. The van der Waals surface area contributed by atoms with Gasteiger partial charge >= 0.3 is 0 Å². The number of carbonyl (C=O) groups excluding carboxylic acids is 1. The van der Waals surface area contributed by atoms with E-state index in [-0.39, 0.29) is 21.1 Å². The molecule has 0 heterocycles. The van der Waals surface area contributed by atoms with E-state index in [0.717, 1.165) is 6.08 Å². The predicted molar refractivity (Wildman–Crippen MR) is 80.1 cm³/mol. The molecule has 0 atom stereocenters. The minimum Gasteiger partial charge on any atom is -0.297 e. The molecule has 0 fully saturated rings. The molecule has 104 valence electrons. The lowest BCUT2D eigenvalue weighted by molar-refractivity contribution is 0.106. The van der Waals surface area contributed by atoms with Gasteiger partial charge in [0.05, 0.1) is 9.80 Å². The van der Waals surface area contributed by atoms with Gasteiger partial charge in [-0.1, -0.05) is 42.5 Å². The second-order valence-electron chi connectivity index (χ2n) is 4.61. The number of ketones is 1. The third-order valence-corrected chi connectivity index (χ3v) is 5.11. The largest absolute Gasteiger partial charge is 0.297 e. The summed E-state index contributed by atoms with van der Waals surface area (Å²) in [4.78, 5) is 12.1. The fourth-order valence-electron chi connectivity index (χ4n) is 2.26. The summed E-state index contributed by atoms with van der Waals surface area (Å²) in [5.41, 5.74) is 0.282. The Bertz CT molecular complexity index is 881. The van der Waals surface area contributed by atoms with Crippen LogP contribution in [-0.2, 0) is 9.84 Å². The molecule has 0 bridgehead atoms. The van der Waals surface area contributed by atoms with Crippen molar-refractivity contribution >= 4 is 26.2 Å². The summed E-state index contributed by atoms with van der Waals surface area (Å²) in [7, 11) is -3.76. The molecule has 2 aromatic rings. The lowest BCUT2D eigenvalue weighted by Gasteiger charge is -2.17. The van der Waals surface area contributed by atoms with Gasteiger partial charge in [0.1, 0.15) is 5.71 Å². The molecule has 0 amide bonds. The molecule has 0 aromatic heterocycles. The summed E-state index contributed by atoms with van der Waals surface area (Å²) in [5.74, 6) is -0.461. The van der Waals surface area contributed by atoms with Crippen LogP contribution in [0, 0.1) is 5.41 Å². The van der Waals surface area contributed by atoms with E-state index in [4.69, 9.17) is 5.41 Å². The van der Waals surface area contributed by atoms with E-state index in [1.807, 2.05) is 0 Å². The fourth-order valence-corrected chi connectivity index (χ4v) is 3.77. The number of hydrogen-bond donors (Lipinski definition) is 1. The number of carbonyl (C=O) groups is 1. The maximum Gasteiger partial charge on any atom is 0.211 e. The Morgan fingerprint density at radius 2 is 1.38 bits per heavy atom. The number of fused-ring (bicyclic) bond motifs is 1. The van der Waals surface area contributed by atoms with E-state index in [1.165, 1.54) is 12.1 Å². The second kappa shape index (κ2) is 4.79. The number of Topliss-reactive ketones (excluding diaryl/α,β-unsaturated/α-hetero) is 1. The smallest absolute Gasteiger partial charge is 0.211 e. The van der Waals surface area contributed by atoms with Gasteiger partial charge in [0, 0.05) is 11.1 Å². The van der Waals surface area contributed by atoms with Crippen molar-refractivity contribution in [2.75, 3.05) is 0 Å². The van der Waals surface area contributed by atoms with Crippen LogP contribution in [0.2, 0.25) is 0 Å². The number of rotatable bonds is 2. The first-order valence-corrected chi connectivity index (χ1v) is 7.74. The molecule has 2 aromatic carbocycles. The van der Waals surface area contributed by atoms with Crippen molar-refractivity contribution in [2.24, 2.45) is 0 Å².